The minimum Gasteiger partial charge on any atom is -0.493 e. The van der Waals surface area contributed by atoms with Gasteiger partial charge in [-0.05, 0) is 101 Å². The number of amides is 4. The van der Waals surface area contributed by atoms with Crippen LogP contribution in [0.5, 0.6) is 17.2 Å². The van der Waals surface area contributed by atoms with E-state index in [1.807, 2.05) is 25.1 Å². The van der Waals surface area contributed by atoms with Gasteiger partial charge in [-0.25, -0.2) is 0 Å². The summed E-state index contributed by atoms with van der Waals surface area (Å²) in [5, 5.41) is 4.90. The Bertz CT molecular complexity index is 1490. The van der Waals surface area contributed by atoms with Gasteiger partial charge in [0.15, 0.2) is 18.1 Å². The highest BCUT2D eigenvalue weighted by atomic mass is 127. The molecule has 0 unspecified atom stereocenters. The van der Waals surface area contributed by atoms with E-state index in [4.69, 9.17) is 14.2 Å². The average molecular weight is 688 g/mol. The third-order valence-corrected chi connectivity index (χ3v) is 7.24. The van der Waals surface area contributed by atoms with Gasteiger partial charge in [0.1, 0.15) is 12.3 Å². The minimum atomic E-state index is -0.568. The van der Waals surface area contributed by atoms with Crippen LogP contribution in [0.1, 0.15) is 12.5 Å². The maximum atomic E-state index is 12.9. The lowest BCUT2D eigenvalue weighted by atomic mass is 10.2. The van der Waals surface area contributed by atoms with Crippen molar-refractivity contribution >= 4 is 74.8 Å². The highest BCUT2D eigenvalue weighted by Crippen LogP contribution is 2.34. The number of methoxy groups -OCH3 is 1. The monoisotopic (exact) mass is 687 g/mol. The predicted molar refractivity (Wildman–Crippen MR) is 165 cm³/mol. The van der Waals surface area contributed by atoms with Gasteiger partial charge in [0.2, 0.25) is 5.91 Å². The van der Waals surface area contributed by atoms with Crippen molar-refractivity contribution in [1.29, 1.82) is 0 Å². The molecule has 1 saturated heterocycles. The quantitative estimate of drug-likeness (QED) is 0.203. The van der Waals surface area contributed by atoms with Crippen LogP contribution in [-0.2, 0) is 14.4 Å². The van der Waals surface area contributed by atoms with E-state index in [9.17, 15) is 19.2 Å². The van der Waals surface area contributed by atoms with Crippen molar-refractivity contribution in [2.24, 2.45) is 0 Å². The first-order valence-electron chi connectivity index (χ1n) is 12.4. The minimum absolute atomic E-state index is 0.167. The van der Waals surface area contributed by atoms with E-state index < -0.39 is 23.6 Å². The lowest BCUT2D eigenvalue weighted by molar-refractivity contribution is -0.127. The molecule has 1 heterocycles. The van der Waals surface area contributed by atoms with Gasteiger partial charge in [-0.2, -0.15) is 0 Å². The Morgan fingerprint density at radius 2 is 1.68 bits per heavy atom. The molecule has 0 aliphatic carbocycles. The molecular formula is C29H26IN3O7S. The summed E-state index contributed by atoms with van der Waals surface area (Å²) in [5.74, 6) is -0.232. The molecule has 3 aromatic carbocycles. The van der Waals surface area contributed by atoms with Gasteiger partial charge in [0.05, 0.1) is 24.3 Å². The summed E-state index contributed by atoms with van der Waals surface area (Å²) in [6, 6.07) is 19.1. The fourth-order valence-corrected chi connectivity index (χ4v) is 4.94. The summed E-state index contributed by atoms with van der Waals surface area (Å²) < 4.78 is 17.6. The van der Waals surface area contributed by atoms with Crippen LogP contribution < -0.4 is 24.8 Å². The second-order valence-corrected chi connectivity index (χ2v) is 10.7. The molecule has 12 heteroatoms. The zero-order valence-electron chi connectivity index (χ0n) is 22.1. The molecule has 3 aromatic rings. The molecule has 212 valence electrons. The topological polar surface area (TPSA) is 123 Å². The van der Waals surface area contributed by atoms with E-state index in [0.717, 1.165) is 20.2 Å². The first-order chi connectivity index (χ1) is 19.8. The molecule has 0 atom stereocenters. The Hall–Kier alpha value is -4.04. The van der Waals surface area contributed by atoms with E-state index in [1.165, 1.54) is 13.2 Å². The van der Waals surface area contributed by atoms with Crippen molar-refractivity contribution in [3.63, 3.8) is 0 Å². The molecule has 0 bridgehead atoms. The van der Waals surface area contributed by atoms with Gasteiger partial charge in [-0.3, -0.25) is 24.1 Å². The number of hydrogen-bond donors (Lipinski definition) is 2. The van der Waals surface area contributed by atoms with Crippen LogP contribution in [0.25, 0.3) is 6.08 Å². The van der Waals surface area contributed by atoms with Crippen molar-refractivity contribution in [2.45, 2.75) is 6.92 Å². The van der Waals surface area contributed by atoms with Crippen LogP contribution in [-0.4, -0.2) is 54.7 Å². The van der Waals surface area contributed by atoms with Crippen LogP contribution in [0, 0.1) is 3.57 Å². The normalized spacial score (nSPS) is 13.7. The Labute approximate surface area is 254 Å². The fourth-order valence-electron chi connectivity index (χ4n) is 3.74. The van der Waals surface area contributed by atoms with Gasteiger partial charge >= 0.3 is 0 Å². The van der Waals surface area contributed by atoms with Crippen molar-refractivity contribution < 1.29 is 33.4 Å². The second kappa shape index (κ2) is 14.0. The number of thioether (sulfide) groups is 1. The molecule has 1 aliphatic rings. The highest BCUT2D eigenvalue weighted by Gasteiger charge is 2.36. The molecule has 4 amide bonds. The highest BCUT2D eigenvalue weighted by molar-refractivity contribution is 14.1. The summed E-state index contributed by atoms with van der Waals surface area (Å²) >= 11 is 2.90. The third-order valence-electron chi connectivity index (χ3n) is 5.61. The van der Waals surface area contributed by atoms with Crippen molar-refractivity contribution in [2.75, 3.05) is 37.5 Å². The number of halogens is 1. The maximum absolute atomic E-state index is 12.9. The van der Waals surface area contributed by atoms with Gasteiger partial charge in [0.25, 0.3) is 17.1 Å². The fraction of sp³-hybridized carbons (Fsp3) is 0.172. The van der Waals surface area contributed by atoms with E-state index in [-0.39, 0.29) is 17.4 Å². The molecular weight excluding hydrogens is 661 g/mol. The van der Waals surface area contributed by atoms with E-state index >= 15 is 0 Å². The molecule has 1 fully saturated rings. The number of imide groups is 1. The van der Waals surface area contributed by atoms with Gasteiger partial charge in [0, 0.05) is 9.26 Å². The summed E-state index contributed by atoms with van der Waals surface area (Å²) in [6.45, 7) is 1.64. The molecule has 41 heavy (non-hydrogen) atoms. The van der Waals surface area contributed by atoms with E-state index in [2.05, 4.69) is 33.2 Å². The summed E-state index contributed by atoms with van der Waals surface area (Å²) in [4.78, 5) is 51.4. The van der Waals surface area contributed by atoms with Crippen molar-refractivity contribution in [3.8, 4) is 17.2 Å². The largest absolute Gasteiger partial charge is 0.493 e. The first-order valence-corrected chi connectivity index (χ1v) is 14.3. The number of rotatable bonds is 11. The lowest BCUT2D eigenvalue weighted by Gasteiger charge is -2.13. The SMILES string of the molecule is CCOc1ccccc1NC(=O)COc1ccc(/C=C2/SC(=O)N(CC(=O)Nc3ccc(I)cc3)C2=O)cc1OC. The molecule has 2 N–H and O–H groups in total. The molecule has 10 nitrogen and oxygen atoms in total. The Balaban J connectivity index is 1.37. The number of carbonyl (C=O) groups excluding carboxylic acids is 4. The summed E-state index contributed by atoms with van der Waals surface area (Å²) in [6.07, 6.45) is 1.53. The predicted octanol–water partition coefficient (Wildman–Crippen LogP) is 5.39. The van der Waals surface area contributed by atoms with Crippen molar-refractivity contribution in [1.82, 2.24) is 4.90 Å². The first kappa shape index (κ1) is 29.9. The number of nitrogens with one attached hydrogen (secondary N) is 2. The van der Waals surface area contributed by atoms with Crippen LogP contribution in [0.15, 0.2) is 71.6 Å². The third kappa shape index (κ3) is 8.01. The number of para-hydroxylation sites is 2. The number of ether oxygens (including phenoxy) is 3. The summed E-state index contributed by atoms with van der Waals surface area (Å²) in [5.41, 5.74) is 1.67. The van der Waals surface area contributed by atoms with Crippen LogP contribution in [0.2, 0.25) is 0 Å². The lowest BCUT2D eigenvalue weighted by Crippen LogP contribution is -2.36. The van der Waals surface area contributed by atoms with E-state index in [1.54, 1.807) is 48.5 Å². The molecule has 0 saturated carbocycles. The zero-order chi connectivity index (χ0) is 29.4. The zero-order valence-corrected chi connectivity index (χ0v) is 25.1. The molecule has 0 radical (unpaired) electrons. The number of anilines is 2. The van der Waals surface area contributed by atoms with Crippen LogP contribution in [0.3, 0.4) is 0 Å². The number of carbonyl (C=O) groups is 4. The molecule has 4 rings (SSSR count). The molecule has 1 aliphatic heterocycles. The molecule has 0 spiro atoms. The van der Waals surface area contributed by atoms with Crippen LogP contribution >= 0.6 is 34.4 Å². The van der Waals surface area contributed by atoms with Gasteiger partial charge < -0.3 is 24.8 Å². The smallest absolute Gasteiger partial charge is 0.294 e. The van der Waals surface area contributed by atoms with E-state index in [0.29, 0.717) is 40.8 Å². The second-order valence-electron chi connectivity index (χ2n) is 8.50. The Morgan fingerprint density at radius 1 is 0.927 bits per heavy atom. The Morgan fingerprint density at radius 3 is 2.41 bits per heavy atom. The Kier molecular flexibility index (Phi) is 10.2. The number of nitrogens with zero attached hydrogens (tertiary/aromatic N) is 1. The number of hydrogen-bond acceptors (Lipinski definition) is 8. The average Bonchev–Trinajstić information content (AvgIpc) is 3.21. The van der Waals surface area contributed by atoms with Crippen molar-refractivity contribution in [3.05, 3.63) is 80.8 Å². The standard InChI is InChI=1S/C29H26IN3O7S/c1-3-39-22-7-5-4-6-21(22)32-27(35)17-40-23-13-8-18(14-24(23)38-2)15-25-28(36)33(29(37)41-25)16-26(34)31-20-11-9-19(30)10-12-20/h4-15H,3,16-17H2,1-2H3,(H,31,34)(H,32,35)/b25-15+. The number of benzene rings is 3. The van der Waals surface area contributed by atoms with Gasteiger partial charge in [-0.1, -0.05) is 18.2 Å². The van der Waals surface area contributed by atoms with Crippen LogP contribution in [0.4, 0.5) is 16.2 Å². The summed E-state index contributed by atoms with van der Waals surface area (Å²) in [7, 11) is 1.45. The molecule has 0 aromatic heterocycles. The maximum Gasteiger partial charge on any atom is 0.294 e. The van der Waals surface area contributed by atoms with Gasteiger partial charge in [-0.15, -0.1) is 0 Å².